The van der Waals surface area contributed by atoms with Gasteiger partial charge in [-0.2, -0.15) is 0 Å². The minimum Gasteiger partial charge on any atom is -0.504 e. The number of phenols is 1. The zero-order valence-electron chi connectivity index (χ0n) is 15.3. The number of hydrogen-bond acceptors (Lipinski definition) is 5. The van der Waals surface area contributed by atoms with Gasteiger partial charge in [-0.25, -0.2) is 0 Å². The van der Waals surface area contributed by atoms with Crippen LogP contribution in [0.25, 0.3) is 0 Å². The summed E-state index contributed by atoms with van der Waals surface area (Å²) in [5.41, 5.74) is 3.42. The van der Waals surface area contributed by atoms with E-state index in [-0.39, 0.29) is 11.7 Å². The van der Waals surface area contributed by atoms with E-state index in [1.807, 2.05) is 30.5 Å². The summed E-state index contributed by atoms with van der Waals surface area (Å²) in [5, 5.41) is 9.98. The third-order valence-corrected chi connectivity index (χ3v) is 4.64. The van der Waals surface area contributed by atoms with Crippen LogP contribution in [0.2, 0.25) is 0 Å². The Hall–Kier alpha value is -2.82. The summed E-state index contributed by atoms with van der Waals surface area (Å²) in [7, 11) is 4.81. The van der Waals surface area contributed by atoms with E-state index >= 15 is 0 Å². The van der Waals surface area contributed by atoms with Gasteiger partial charge in [0.05, 0.1) is 34.2 Å². The average Bonchev–Trinajstić information content (AvgIpc) is 3.08. The minimum absolute atomic E-state index is 0.161. The van der Waals surface area contributed by atoms with Crippen LogP contribution < -0.4 is 14.2 Å². The van der Waals surface area contributed by atoms with Gasteiger partial charge in [0.1, 0.15) is 0 Å². The molecule has 0 saturated heterocycles. The molecule has 0 bridgehead atoms. The van der Waals surface area contributed by atoms with Crippen LogP contribution in [0.3, 0.4) is 0 Å². The van der Waals surface area contributed by atoms with Gasteiger partial charge < -0.3 is 24.1 Å². The quantitative estimate of drug-likeness (QED) is 0.819. The standard InChI is InChI=1S/C21H24O5/c1-23-19-6-4-14(10-18(19)22)8-16-12-26-13-17(16)9-15-5-7-20(24-2)21(11-15)25-3/h4-7,10-11,13,16,22H,8-9,12H2,1-3H3. The Kier molecular flexibility index (Phi) is 5.56. The van der Waals surface area contributed by atoms with Gasteiger partial charge in [-0.15, -0.1) is 0 Å². The lowest BCUT2D eigenvalue weighted by molar-refractivity contribution is 0.248. The topological polar surface area (TPSA) is 57.2 Å². The zero-order chi connectivity index (χ0) is 18.5. The fraction of sp³-hybridized carbons (Fsp3) is 0.333. The third kappa shape index (κ3) is 3.87. The molecule has 5 heteroatoms. The van der Waals surface area contributed by atoms with Crippen molar-refractivity contribution in [3.8, 4) is 23.0 Å². The first-order valence-electron chi connectivity index (χ1n) is 8.52. The zero-order valence-corrected chi connectivity index (χ0v) is 15.3. The molecule has 0 amide bonds. The Labute approximate surface area is 153 Å². The van der Waals surface area contributed by atoms with Crippen LogP contribution in [0.1, 0.15) is 11.1 Å². The van der Waals surface area contributed by atoms with E-state index in [2.05, 4.69) is 0 Å². The van der Waals surface area contributed by atoms with Crippen molar-refractivity contribution in [3.05, 3.63) is 59.4 Å². The molecule has 0 saturated carbocycles. The maximum atomic E-state index is 9.98. The van der Waals surface area contributed by atoms with E-state index in [0.717, 1.165) is 35.5 Å². The van der Waals surface area contributed by atoms with Gasteiger partial charge >= 0.3 is 0 Å². The van der Waals surface area contributed by atoms with Crippen LogP contribution in [-0.4, -0.2) is 33.0 Å². The van der Waals surface area contributed by atoms with Crippen molar-refractivity contribution in [2.24, 2.45) is 5.92 Å². The van der Waals surface area contributed by atoms with Crippen LogP contribution in [0.5, 0.6) is 23.0 Å². The van der Waals surface area contributed by atoms with E-state index in [4.69, 9.17) is 18.9 Å². The molecule has 0 radical (unpaired) electrons. The van der Waals surface area contributed by atoms with Crippen LogP contribution in [0, 0.1) is 5.92 Å². The van der Waals surface area contributed by atoms with E-state index in [1.54, 1.807) is 33.5 Å². The van der Waals surface area contributed by atoms with E-state index in [1.165, 1.54) is 5.57 Å². The number of rotatable bonds is 7. The number of ether oxygens (including phenoxy) is 4. The summed E-state index contributed by atoms with van der Waals surface area (Å²) in [4.78, 5) is 0. The Morgan fingerprint density at radius 3 is 2.31 bits per heavy atom. The summed E-state index contributed by atoms with van der Waals surface area (Å²) in [5.74, 6) is 2.36. The van der Waals surface area contributed by atoms with Gasteiger partial charge in [0.2, 0.25) is 0 Å². The largest absolute Gasteiger partial charge is 0.504 e. The summed E-state index contributed by atoms with van der Waals surface area (Å²) in [6.07, 6.45) is 3.44. The Morgan fingerprint density at radius 2 is 1.62 bits per heavy atom. The fourth-order valence-corrected chi connectivity index (χ4v) is 3.22. The van der Waals surface area contributed by atoms with Crippen LogP contribution >= 0.6 is 0 Å². The highest BCUT2D eigenvalue weighted by atomic mass is 16.5. The molecule has 1 heterocycles. The predicted molar refractivity (Wildman–Crippen MR) is 99.1 cm³/mol. The first kappa shape index (κ1) is 18.0. The highest BCUT2D eigenvalue weighted by Crippen LogP contribution is 2.33. The van der Waals surface area contributed by atoms with Crippen molar-refractivity contribution in [1.29, 1.82) is 0 Å². The molecule has 2 aromatic carbocycles. The number of aromatic hydroxyl groups is 1. The fourth-order valence-electron chi connectivity index (χ4n) is 3.22. The van der Waals surface area contributed by atoms with Crippen LogP contribution in [-0.2, 0) is 17.6 Å². The van der Waals surface area contributed by atoms with Crippen molar-refractivity contribution in [1.82, 2.24) is 0 Å². The number of phenolic OH excluding ortho intramolecular Hbond substituents is 1. The lowest BCUT2D eigenvalue weighted by atomic mass is 9.90. The van der Waals surface area contributed by atoms with Crippen molar-refractivity contribution >= 4 is 0 Å². The normalized spacial score (nSPS) is 16.0. The second kappa shape index (κ2) is 8.04. The second-order valence-electron chi connectivity index (χ2n) is 6.30. The average molecular weight is 356 g/mol. The molecule has 0 aliphatic carbocycles. The van der Waals surface area contributed by atoms with Gasteiger partial charge in [0.25, 0.3) is 0 Å². The molecule has 1 atom stereocenters. The molecular weight excluding hydrogens is 332 g/mol. The van der Waals surface area contributed by atoms with E-state index < -0.39 is 0 Å². The maximum absolute atomic E-state index is 9.98. The van der Waals surface area contributed by atoms with Gasteiger partial charge in [-0.3, -0.25) is 0 Å². The van der Waals surface area contributed by atoms with Crippen LogP contribution in [0.4, 0.5) is 0 Å². The van der Waals surface area contributed by atoms with Gasteiger partial charge in [-0.1, -0.05) is 12.1 Å². The molecule has 138 valence electrons. The number of methoxy groups -OCH3 is 3. The predicted octanol–water partition coefficient (Wildman–Crippen LogP) is 3.73. The summed E-state index contributed by atoms with van der Waals surface area (Å²) in [6, 6.07) is 11.5. The smallest absolute Gasteiger partial charge is 0.160 e. The van der Waals surface area contributed by atoms with Gasteiger partial charge in [0.15, 0.2) is 23.0 Å². The molecule has 1 N–H and O–H groups in total. The molecule has 0 fully saturated rings. The Morgan fingerprint density at radius 1 is 0.923 bits per heavy atom. The van der Waals surface area contributed by atoms with E-state index in [9.17, 15) is 5.11 Å². The number of benzene rings is 2. The molecule has 3 rings (SSSR count). The summed E-state index contributed by atoms with van der Waals surface area (Å²) in [6.45, 7) is 0.648. The minimum atomic E-state index is 0.161. The molecule has 0 aromatic heterocycles. The van der Waals surface area contributed by atoms with Crippen molar-refractivity contribution in [3.63, 3.8) is 0 Å². The Bertz CT molecular complexity index is 797. The molecule has 1 aliphatic heterocycles. The van der Waals surface area contributed by atoms with Crippen molar-refractivity contribution in [2.45, 2.75) is 12.8 Å². The molecule has 0 spiro atoms. The van der Waals surface area contributed by atoms with Crippen molar-refractivity contribution < 1.29 is 24.1 Å². The summed E-state index contributed by atoms with van der Waals surface area (Å²) >= 11 is 0. The maximum Gasteiger partial charge on any atom is 0.160 e. The lowest BCUT2D eigenvalue weighted by Gasteiger charge is -2.15. The highest BCUT2D eigenvalue weighted by molar-refractivity contribution is 5.44. The Balaban J connectivity index is 1.71. The molecular formula is C21H24O5. The van der Waals surface area contributed by atoms with Gasteiger partial charge in [-0.05, 0) is 53.8 Å². The first-order valence-corrected chi connectivity index (χ1v) is 8.52. The third-order valence-electron chi connectivity index (χ3n) is 4.64. The molecule has 1 aliphatic rings. The van der Waals surface area contributed by atoms with E-state index in [0.29, 0.717) is 12.4 Å². The first-order chi connectivity index (χ1) is 12.6. The number of hydrogen-bond donors (Lipinski definition) is 1. The summed E-state index contributed by atoms with van der Waals surface area (Å²) < 4.78 is 21.4. The van der Waals surface area contributed by atoms with Gasteiger partial charge in [0, 0.05) is 5.92 Å². The monoisotopic (exact) mass is 356 g/mol. The van der Waals surface area contributed by atoms with Crippen LogP contribution in [0.15, 0.2) is 48.2 Å². The molecule has 5 nitrogen and oxygen atoms in total. The molecule has 26 heavy (non-hydrogen) atoms. The highest BCUT2D eigenvalue weighted by Gasteiger charge is 2.22. The van der Waals surface area contributed by atoms with Crippen molar-refractivity contribution in [2.75, 3.05) is 27.9 Å². The lowest BCUT2D eigenvalue weighted by Crippen LogP contribution is -2.10. The molecule has 2 aromatic rings. The molecule has 1 unspecified atom stereocenters. The SMILES string of the molecule is COc1ccc(CC2COC=C2Cc2ccc(OC)c(OC)c2)cc1O. The second-order valence-corrected chi connectivity index (χ2v) is 6.30.